The van der Waals surface area contributed by atoms with Gasteiger partial charge in [-0.25, -0.2) is 14.3 Å². The molecular weight excluding hydrogens is 797 g/mol. The van der Waals surface area contributed by atoms with Gasteiger partial charge in [0, 0.05) is 44.1 Å². The van der Waals surface area contributed by atoms with Crippen molar-refractivity contribution in [3.8, 4) is 12.1 Å². The van der Waals surface area contributed by atoms with Crippen LogP contribution in [-0.4, -0.2) is 154 Å². The summed E-state index contributed by atoms with van der Waals surface area (Å²) >= 11 is 5.60. The Balaban J connectivity index is 1.37. The summed E-state index contributed by atoms with van der Waals surface area (Å²) in [6, 6.07) is 3.81. The lowest BCUT2D eigenvalue weighted by Gasteiger charge is -2.56. The quantitative estimate of drug-likeness (QED) is 0.0541. The molecule has 5 heterocycles. The first-order valence-electron chi connectivity index (χ1n) is 15.1. The highest BCUT2D eigenvalue weighted by atomic mass is 32.2. The molecule has 0 spiro atoms. The Hall–Kier alpha value is -3.98. The van der Waals surface area contributed by atoms with Gasteiger partial charge in [0.05, 0.1) is 35.1 Å². The van der Waals surface area contributed by atoms with Gasteiger partial charge in [0.25, 0.3) is 23.3 Å². The predicted molar refractivity (Wildman–Crippen MR) is 190 cm³/mol. The van der Waals surface area contributed by atoms with Gasteiger partial charge in [0.2, 0.25) is 17.0 Å². The van der Waals surface area contributed by atoms with Crippen LogP contribution in [0.15, 0.2) is 27.7 Å². The zero-order valence-electron chi connectivity index (χ0n) is 28.1. The molecule has 4 amide bonds. The van der Waals surface area contributed by atoms with Crippen molar-refractivity contribution in [2.45, 2.75) is 27.4 Å². The summed E-state index contributed by atoms with van der Waals surface area (Å²) in [7, 11) is 4.08. The second kappa shape index (κ2) is 17.0. The first kappa shape index (κ1) is 40.2. The molecule has 53 heavy (non-hydrogen) atoms. The van der Waals surface area contributed by atoms with E-state index in [1.54, 1.807) is 7.05 Å². The number of thioether (sulfide) groups is 5. The number of aromatic nitrogens is 4. The van der Waals surface area contributed by atoms with Crippen molar-refractivity contribution in [2.75, 3.05) is 61.1 Å². The number of tetrazole rings is 1. The highest BCUT2D eigenvalue weighted by Gasteiger charge is 2.68. The van der Waals surface area contributed by atoms with E-state index in [1.165, 1.54) is 42.4 Å². The summed E-state index contributed by atoms with van der Waals surface area (Å²) < 4.78 is 18.1. The van der Waals surface area contributed by atoms with Crippen LogP contribution in [0.1, 0.15) is 0 Å². The number of β-lactam (4-membered cyclic amide) rings is 2. The highest BCUT2D eigenvalue weighted by molar-refractivity contribution is 8.01. The first-order valence-corrected chi connectivity index (χ1v) is 20.5. The minimum Gasteiger partial charge on any atom is -0.477 e. The molecule has 4 atom stereocenters. The fourth-order valence-corrected chi connectivity index (χ4v) is 10.4. The summed E-state index contributed by atoms with van der Waals surface area (Å²) in [5.74, 6) is -4.99. The van der Waals surface area contributed by atoms with Gasteiger partial charge in [-0.3, -0.25) is 29.0 Å². The maximum atomic E-state index is 13.9. The summed E-state index contributed by atoms with van der Waals surface area (Å²) in [5, 5.41) is 42.8. The number of hydrogen-bond donors (Lipinski definition) is 3. The smallest absolute Gasteiger partial charge is 0.355 e. The largest absolute Gasteiger partial charge is 0.477 e. The van der Waals surface area contributed by atoms with Crippen LogP contribution in [0, 0.1) is 22.7 Å². The number of aliphatic carboxylic acids is 1. The topological polar surface area (TPSA) is 272 Å². The summed E-state index contributed by atoms with van der Waals surface area (Å²) in [6.45, 7) is -0.569. The van der Waals surface area contributed by atoms with E-state index < -0.39 is 70.1 Å². The number of aryl methyl sites for hydroxylation is 1. The molecule has 1 aromatic rings. The van der Waals surface area contributed by atoms with Gasteiger partial charge in [-0.15, -0.1) is 52.1 Å². The van der Waals surface area contributed by atoms with E-state index in [0.717, 1.165) is 45.1 Å². The third-order valence-electron chi connectivity index (χ3n) is 8.04. The van der Waals surface area contributed by atoms with Crippen molar-refractivity contribution < 1.29 is 48.1 Å². The van der Waals surface area contributed by atoms with Crippen molar-refractivity contribution in [3.05, 3.63) is 22.5 Å². The SMILES string of the molecule is CO[C@@]1(NC(=O)CSCC#N)C(=O)N2C(C(=O)O)=C(COC(=O)C3=C(CSc4nnnn4C)CS[C@H]4N3C(=O)[C@]4(NC(=O)CSCC#N)OC)CS[C@@H]21. The highest BCUT2D eigenvalue weighted by Crippen LogP contribution is 2.49. The molecule has 5 rings (SSSR count). The Morgan fingerprint density at radius 2 is 1.45 bits per heavy atom. The lowest BCUT2D eigenvalue weighted by Crippen LogP contribution is -2.81. The molecule has 25 heteroatoms. The number of carbonyl (C=O) groups is 6. The van der Waals surface area contributed by atoms with Gasteiger partial charge < -0.3 is 30.0 Å². The lowest BCUT2D eigenvalue weighted by molar-refractivity contribution is -0.192. The monoisotopic (exact) mass is 826 g/mol. The standard InChI is InChI=1S/C28H30N10O10S5/c1-36-26(33-34-35-36)53-11-15-10-52-25-28(47-3,32-17(40)13-50-7-5-30)23(45)38(25)19(15)21(43)48-8-14-9-51-24-27(46-2,31-16(39)12-49-6-4-29)22(44)37(24)18(14)20(41)42/h24-25H,6-13H2,1-3H3,(H,31,39)(H,32,40)(H,41,42)/t24-,25-,27+,28+/m1/s1. The summed E-state index contributed by atoms with van der Waals surface area (Å²) in [6.07, 6.45) is 0. The Labute approximate surface area is 322 Å². The van der Waals surface area contributed by atoms with E-state index in [4.69, 9.17) is 24.7 Å². The maximum Gasteiger partial charge on any atom is 0.355 e. The number of amides is 4. The Kier molecular flexibility index (Phi) is 12.9. The zero-order chi connectivity index (χ0) is 38.5. The average Bonchev–Trinajstić information content (AvgIpc) is 3.57. The molecule has 3 N–H and O–H groups in total. The molecule has 0 radical (unpaired) electrons. The number of methoxy groups -OCH3 is 2. The predicted octanol–water partition coefficient (Wildman–Crippen LogP) is -1.30. The van der Waals surface area contributed by atoms with Crippen LogP contribution in [0.3, 0.4) is 0 Å². The minimum atomic E-state index is -1.85. The number of nitriles is 2. The summed E-state index contributed by atoms with van der Waals surface area (Å²) in [4.78, 5) is 81.1. The Morgan fingerprint density at radius 3 is 1.92 bits per heavy atom. The first-order chi connectivity index (χ1) is 25.4. The molecule has 4 aliphatic rings. The minimum absolute atomic E-state index is 0.0296. The van der Waals surface area contributed by atoms with Gasteiger partial charge in [0.15, 0.2) is 0 Å². The van der Waals surface area contributed by atoms with Crippen LogP contribution in [0.2, 0.25) is 0 Å². The normalized spacial score (nSPS) is 24.6. The van der Waals surface area contributed by atoms with Gasteiger partial charge in [0.1, 0.15) is 28.7 Å². The molecule has 0 bridgehead atoms. The molecule has 282 valence electrons. The number of ether oxygens (including phenoxy) is 3. The van der Waals surface area contributed by atoms with Crippen molar-refractivity contribution in [2.24, 2.45) is 7.05 Å². The number of hydrogen-bond acceptors (Lipinski definition) is 19. The zero-order valence-corrected chi connectivity index (χ0v) is 32.1. The van der Waals surface area contributed by atoms with E-state index in [9.17, 15) is 33.9 Å². The lowest BCUT2D eigenvalue weighted by atomic mass is 9.98. The number of carboxylic acids is 1. The fourth-order valence-electron chi connectivity index (χ4n) is 5.68. The van der Waals surface area contributed by atoms with Crippen molar-refractivity contribution >= 4 is 94.4 Å². The number of carbonyl (C=O) groups excluding carboxylic acids is 5. The number of nitrogens with one attached hydrogen (secondary N) is 2. The molecule has 0 aliphatic carbocycles. The van der Waals surface area contributed by atoms with Gasteiger partial charge in [-0.05, 0) is 16.0 Å². The van der Waals surface area contributed by atoms with Crippen LogP contribution in [0.4, 0.5) is 0 Å². The number of nitrogens with zero attached hydrogens (tertiary/aromatic N) is 8. The number of rotatable bonds is 17. The molecule has 0 aromatic carbocycles. The van der Waals surface area contributed by atoms with Crippen LogP contribution in [0.5, 0.6) is 0 Å². The average molecular weight is 827 g/mol. The number of fused-ring (bicyclic) bond motifs is 2. The van der Waals surface area contributed by atoms with E-state index in [2.05, 4.69) is 26.2 Å². The molecular formula is C28H30N10O10S5. The van der Waals surface area contributed by atoms with Crippen LogP contribution >= 0.6 is 58.8 Å². The van der Waals surface area contributed by atoms with Gasteiger partial charge >= 0.3 is 11.9 Å². The Morgan fingerprint density at radius 1 is 0.925 bits per heavy atom. The second-order valence-electron chi connectivity index (χ2n) is 11.1. The van der Waals surface area contributed by atoms with E-state index in [0.29, 0.717) is 10.7 Å². The van der Waals surface area contributed by atoms with E-state index in [1.807, 2.05) is 12.1 Å². The van der Waals surface area contributed by atoms with Crippen LogP contribution in [0.25, 0.3) is 0 Å². The van der Waals surface area contributed by atoms with Crippen molar-refractivity contribution in [3.63, 3.8) is 0 Å². The van der Waals surface area contributed by atoms with Crippen LogP contribution in [-0.2, 0) is 50.0 Å². The van der Waals surface area contributed by atoms with E-state index >= 15 is 0 Å². The van der Waals surface area contributed by atoms with Gasteiger partial charge in [-0.1, -0.05) is 11.8 Å². The van der Waals surface area contributed by atoms with E-state index in [-0.39, 0.29) is 51.5 Å². The third-order valence-corrected chi connectivity index (χ3v) is 13.5. The molecule has 4 aliphatic heterocycles. The molecule has 0 saturated carbocycles. The third kappa shape index (κ3) is 7.56. The van der Waals surface area contributed by atoms with Crippen molar-refractivity contribution in [1.29, 1.82) is 10.5 Å². The second-order valence-corrected chi connectivity index (χ2v) is 16.2. The van der Waals surface area contributed by atoms with Crippen LogP contribution < -0.4 is 10.6 Å². The van der Waals surface area contributed by atoms with Crippen molar-refractivity contribution in [1.82, 2.24) is 40.6 Å². The Bertz CT molecular complexity index is 1860. The fraction of sp³-hybridized carbons (Fsp3) is 0.536. The molecule has 2 fully saturated rings. The number of carboxylic acid groups (broad SMARTS) is 1. The van der Waals surface area contributed by atoms with Gasteiger partial charge in [-0.2, -0.15) is 10.5 Å². The summed E-state index contributed by atoms with van der Waals surface area (Å²) in [5.41, 5.74) is -3.69. The molecule has 20 nitrogen and oxygen atoms in total. The molecule has 0 unspecified atom stereocenters. The number of esters is 1. The maximum absolute atomic E-state index is 13.9. The molecule has 2 saturated heterocycles. The molecule has 1 aromatic heterocycles.